The Morgan fingerprint density at radius 2 is 1.81 bits per heavy atom. The molecule has 368 valence electrons. The molecule has 0 aliphatic carbocycles. The fraction of sp³-hybridized carbons (Fsp3) is 0.500. The van der Waals surface area contributed by atoms with E-state index in [1.165, 1.54) is 9.91 Å². The number of cyclic esters (lactones) is 1. The van der Waals surface area contributed by atoms with Gasteiger partial charge >= 0.3 is 5.97 Å². The van der Waals surface area contributed by atoms with E-state index in [2.05, 4.69) is 53.2 Å². The monoisotopic (exact) mass is 999 g/mol. The van der Waals surface area contributed by atoms with Crippen LogP contribution in [0.2, 0.25) is 0 Å². The number of aryl methyl sites for hydroxylation is 1. The second-order valence-corrected chi connectivity index (χ2v) is 18.4. The number of hydrazine groups is 1. The minimum Gasteiger partial charge on any atom is -0.508 e. The Kier molecular flexibility index (Phi) is 20.6. The predicted molar refractivity (Wildman–Crippen MR) is 279 cm³/mol. The molecule has 67 heavy (non-hydrogen) atoms. The van der Waals surface area contributed by atoms with Crippen molar-refractivity contribution in [3.05, 3.63) is 71.5 Å². The summed E-state index contributed by atoms with van der Waals surface area (Å²) < 4.78 is 14.0. The van der Waals surface area contributed by atoms with Crippen molar-refractivity contribution in [1.29, 1.82) is 0 Å². The lowest BCUT2D eigenvalue weighted by Gasteiger charge is -2.37. The van der Waals surface area contributed by atoms with Crippen molar-refractivity contribution in [3.8, 4) is 28.1 Å². The number of likely N-dealkylation sites (tertiary alicyclic amines) is 1. The van der Waals surface area contributed by atoms with Crippen LogP contribution in [0.3, 0.4) is 0 Å². The molecule has 3 N–H and O–H groups in total. The van der Waals surface area contributed by atoms with Crippen molar-refractivity contribution < 1.29 is 38.6 Å². The molecule has 2 saturated heterocycles. The SMILES string of the molecule is CCn1c(-c2cnccc2COC)c2c3cc(ccc31)-c1cc(O)cc(c1)C[C@H](NC(=O)[C@H](C(C)C)N(C)C(=O)[C@H]1CCN(C=O)C1)C(=O)N1CCC[C@H](N1)C(=O)OCC(C)(C)C2.S.S.S.S. The quantitative estimate of drug-likeness (QED) is 0.140. The van der Waals surface area contributed by atoms with Gasteiger partial charge in [-0.25, -0.2) is 5.43 Å². The van der Waals surface area contributed by atoms with Crippen LogP contribution in [0.4, 0.5) is 0 Å². The Morgan fingerprint density at radius 1 is 1.06 bits per heavy atom. The Labute approximate surface area is 421 Å². The molecule has 7 rings (SSSR count). The number of phenolic OH excluding ortho intramolecular Hbond substituents is 1. The number of pyridine rings is 1. The number of nitrogens with zero attached hydrogens (tertiary/aromatic N) is 5. The van der Waals surface area contributed by atoms with Crippen LogP contribution in [0.15, 0.2) is 54.9 Å². The first-order chi connectivity index (χ1) is 30.1. The van der Waals surface area contributed by atoms with Gasteiger partial charge < -0.3 is 34.3 Å². The molecule has 19 heteroatoms. The number of aromatic nitrogens is 2. The molecule has 4 amide bonds. The molecule has 4 aromatic rings. The lowest BCUT2D eigenvalue weighted by Crippen LogP contribution is -2.62. The van der Waals surface area contributed by atoms with E-state index < -0.39 is 47.2 Å². The number of likely N-dealkylation sites (N-methyl/N-ethyl adjacent to an activating group) is 1. The fourth-order valence-corrected chi connectivity index (χ4v) is 9.62. The summed E-state index contributed by atoms with van der Waals surface area (Å²) in [5.41, 5.74) is 9.76. The Hall–Kier alpha value is -4.40. The number of benzene rings is 2. The maximum atomic E-state index is 14.6. The first kappa shape index (κ1) is 56.9. The summed E-state index contributed by atoms with van der Waals surface area (Å²) >= 11 is 0. The Bertz CT molecular complexity index is 2400. The van der Waals surface area contributed by atoms with Crippen LogP contribution < -0.4 is 10.7 Å². The number of hydrogen-bond donors (Lipinski definition) is 3. The van der Waals surface area contributed by atoms with Gasteiger partial charge in [-0.15, -0.1) is 0 Å². The average molecular weight is 1000 g/mol. The zero-order chi connectivity index (χ0) is 45.2. The molecule has 0 saturated carbocycles. The van der Waals surface area contributed by atoms with Gasteiger partial charge in [-0.1, -0.05) is 39.8 Å². The number of ether oxygens (including phenoxy) is 2. The number of fused-ring (bicyclic) bond motifs is 6. The maximum Gasteiger partial charge on any atom is 0.324 e. The maximum absolute atomic E-state index is 14.6. The first-order valence-corrected chi connectivity index (χ1v) is 22.0. The molecule has 15 nitrogen and oxygen atoms in total. The standard InChI is InChI=1S/C48H61N7O8.4H2S/c1-8-54-41-12-11-31-22-36(41)37(43(54)38-24-49-15-13-33(38)26-62-7)23-48(4,5)27-63-47(61)39-10-9-16-55(51-39)46(60)40(20-30-18-34(31)21-35(57)19-30)50-44(58)42(29(2)3)52(6)45(59)32-14-17-53(25-32)28-56;;;;/h11-13,15,18-19,21-22,24,28-29,32,39-40,42,51,57H,8-10,14,16-17,20,23,25-27H2,1-7H3,(H,50,58);4*1H2/t32-,39-,40-,42-;;;;/m0..../s1. The summed E-state index contributed by atoms with van der Waals surface area (Å²) in [6.45, 7) is 12.1. The topological polar surface area (TPSA) is 176 Å². The van der Waals surface area contributed by atoms with E-state index in [-0.39, 0.29) is 97.7 Å². The van der Waals surface area contributed by atoms with Crippen LogP contribution in [0.1, 0.15) is 70.6 Å². The summed E-state index contributed by atoms with van der Waals surface area (Å²) in [7, 11) is 3.26. The van der Waals surface area contributed by atoms with Crippen molar-refractivity contribution in [1.82, 2.24) is 35.1 Å². The Morgan fingerprint density at radius 3 is 2.48 bits per heavy atom. The van der Waals surface area contributed by atoms with E-state index in [4.69, 9.17) is 9.47 Å². The minimum absolute atomic E-state index is 0. The summed E-state index contributed by atoms with van der Waals surface area (Å²) in [4.78, 5) is 75.5. The molecular weight excluding hydrogens is 931 g/mol. The number of hydrogen-bond acceptors (Lipinski definition) is 10. The number of carbonyl (C=O) groups excluding carboxylic acids is 5. The minimum atomic E-state index is -1.15. The van der Waals surface area contributed by atoms with Gasteiger partial charge in [-0.05, 0) is 96.7 Å². The average Bonchev–Trinajstić information content (AvgIpc) is 3.87. The number of nitrogens with one attached hydrogen (secondary N) is 2. The van der Waals surface area contributed by atoms with Crippen LogP contribution in [0.5, 0.6) is 5.75 Å². The van der Waals surface area contributed by atoms with Crippen molar-refractivity contribution in [2.24, 2.45) is 17.3 Å². The van der Waals surface area contributed by atoms with Gasteiger partial charge in [0.05, 0.1) is 24.8 Å². The molecule has 3 aliphatic rings. The van der Waals surface area contributed by atoms with Gasteiger partial charge in [0.25, 0.3) is 5.91 Å². The number of methoxy groups -OCH3 is 1. The molecule has 2 fully saturated rings. The predicted octanol–water partition coefficient (Wildman–Crippen LogP) is 5.30. The van der Waals surface area contributed by atoms with E-state index >= 15 is 0 Å². The van der Waals surface area contributed by atoms with Gasteiger partial charge in [0.2, 0.25) is 18.2 Å². The lowest BCUT2D eigenvalue weighted by molar-refractivity contribution is -0.155. The van der Waals surface area contributed by atoms with E-state index in [1.54, 1.807) is 37.4 Å². The van der Waals surface area contributed by atoms with Crippen LogP contribution in [0, 0.1) is 17.3 Å². The van der Waals surface area contributed by atoms with E-state index in [0.29, 0.717) is 50.9 Å². The van der Waals surface area contributed by atoms with Crippen LogP contribution in [0.25, 0.3) is 33.3 Å². The number of carbonyl (C=O) groups is 5. The third kappa shape index (κ3) is 12.4. The molecule has 0 radical (unpaired) electrons. The number of aromatic hydroxyl groups is 1. The van der Waals surface area contributed by atoms with Gasteiger partial charge in [-0.3, -0.25) is 34.0 Å². The van der Waals surface area contributed by atoms with Gasteiger partial charge in [0.1, 0.15) is 23.9 Å². The van der Waals surface area contributed by atoms with Crippen molar-refractivity contribution in [2.75, 3.05) is 40.4 Å². The van der Waals surface area contributed by atoms with Crippen molar-refractivity contribution in [2.45, 2.75) is 98.0 Å². The largest absolute Gasteiger partial charge is 0.508 e. The molecule has 4 atom stereocenters. The van der Waals surface area contributed by atoms with E-state index in [0.717, 1.165) is 50.8 Å². The molecule has 3 aliphatic heterocycles. The number of esters is 1. The van der Waals surface area contributed by atoms with Crippen LogP contribution >= 0.6 is 54.0 Å². The van der Waals surface area contributed by atoms with E-state index in [9.17, 15) is 29.1 Å². The molecule has 0 spiro atoms. The second kappa shape index (κ2) is 24.2. The molecular formula is C48H69N7O8S4. The van der Waals surface area contributed by atoms with Crippen molar-refractivity contribution >= 4 is 95.0 Å². The highest BCUT2D eigenvalue weighted by atomic mass is 32.1. The molecule has 6 bridgehead atoms. The molecule has 5 heterocycles. The summed E-state index contributed by atoms with van der Waals surface area (Å²) in [5.74, 6) is -2.48. The van der Waals surface area contributed by atoms with Gasteiger partial charge in [-0.2, -0.15) is 54.0 Å². The van der Waals surface area contributed by atoms with Gasteiger partial charge in [0.15, 0.2) is 0 Å². The van der Waals surface area contributed by atoms with E-state index in [1.807, 2.05) is 38.2 Å². The zero-order valence-electron chi connectivity index (χ0n) is 39.5. The molecule has 2 aromatic heterocycles. The van der Waals surface area contributed by atoms with Crippen molar-refractivity contribution in [3.63, 3.8) is 0 Å². The summed E-state index contributed by atoms with van der Waals surface area (Å²) in [5, 5.41) is 16.6. The lowest BCUT2D eigenvalue weighted by atomic mass is 9.84. The first-order valence-electron chi connectivity index (χ1n) is 22.0. The smallest absolute Gasteiger partial charge is 0.324 e. The molecule has 0 unspecified atom stereocenters. The zero-order valence-corrected chi connectivity index (χ0v) is 43.5. The van der Waals surface area contributed by atoms with Gasteiger partial charge in [0, 0.05) is 81.0 Å². The molecule has 2 aromatic carbocycles. The summed E-state index contributed by atoms with van der Waals surface area (Å²) in [6.07, 6.45) is 6.38. The highest BCUT2D eigenvalue weighted by Gasteiger charge is 2.40. The van der Waals surface area contributed by atoms with Crippen LogP contribution in [-0.2, 0) is 59.4 Å². The normalized spacial score (nSPS) is 19.7. The highest BCUT2D eigenvalue weighted by Crippen LogP contribution is 2.41. The second-order valence-electron chi connectivity index (χ2n) is 18.4. The Balaban J connectivity index is 0.00000298. The fourth-order valence-electron chi connectivity index (χ4n) is 9.62. The highest BCUT2D eigenvalue weighted by molar-refractivity contribution is 7.59. The number of phenols is 1. The summed E-state index contributed by atoms with van der Waals surface area (Å²) in [6, 6.07) is 10.5. The number of rotatable bonds is 10. The third-order valence-corrected chi connectivity index (χ3v) is 12.7. The third-order valence-electron chi connectivity index (χ3n) is 12.7. The van der Waals surface area contributed by atoms with Crippen LogP contribution in [-0.4, -0.2) is 118 Å². The number of amides is 4.